The lowest BCUT2D eigenvalue weighted by Crippen LogP contribution is -2.39. The zero-order valence-electron chi connectivity index (χ0n) is 15.4. The Bertz CT molecular complexity index is 772. The molecule has 1 aromatic heterocycles. The van der Waals surface area contributed by atoms with E-state index in [0.717, 1.165) is 17.7 Å². The van der Waals surface area contributed by atoms with E-state index in [4.69, 9.17) is 19.3 Å². The fourth-order valence-electron chi connectivity index (χ4n) is 3.05. The number of hydrogen-bond donors (Lipinski definition) is 4. The summed E-state index contributed by atoms with van der Waals surface area (Å²) in [6.07, 6.45) is -4.38. The van der Waals surface area contributed by atoms with Gasteiger partial charge in [0.2, 0.25) is 0 Å². The van der Waals surface area contributed by atoms with Gasteiger partial charge in [0.25, 0.3) is 0 Å². The number of anilines is 1. The summed E-state index contributed by atoms with van der Waals surface area (Å²) >= 11 is 1.86. The standard InChI is InChI=1S/C16H23IN4O8/c17-9-7-21(14-12(24)11(23)10(8-22)29-14)15(25)18-13(9)19-16(26)28-6-3-20-1-4-27-5-2-20/h7,10-12,14,22-24H,1-6,8H2,(H,18,19,25,26)/t10-,11-,12-,14?/m1/s1. The number of morpholine rings is 1. The molecule has 2 aliphatic rings. The molecule has 1 amide bonds. The number of aromatic nitrogens is 2. The van der Waals surface area contributed by atoms with Crippen LogP contribution < -0.4 is 11.0 Å². The fourth-order valence-corrected chi connectivity index (χ4v) is 3.61. The smallest absolute Gasteiger partial charge is 0.412 e. The van der Waals surface area contributed by atoms with Gasteiger partial charge in [-0.3, -0.25) is 14.8 Å². The van der Waals surface area contributed by atoms with Gasteiger partial charge in [-0.2, -0.15) is 4.98 Å². The molecule has 0 saturated carbocycles. The maximum Gasteiger partial charge on any atom is 0.412 e. The highest BCUT2D eigenvalue weighted by atomic mass is 127. The summed E-state index contributed by atoms with van der Waals surface area (Å²) in [6, 6.07) is 0. The number of ether oxygens (including phenoxy) is 3. The molecule has 0 bridgehead atoms. The lowest BCUT2D eigenvalue weighted by molar-refractivity contribution is -0.0550. The van der Waals surface area contributed by atoms with Crippen molar-refractivity contribution < 1.29 is 34.3 Å². The van der Waals surface area contributed by atoms with E-state index in [9.17, 15) is 19.8 Å². The molecular weight excluding hydrogens is 503 g/mol. The zero-order valence-corrected chi connectivity index (χ0v) is 17.6. The summed E-state index contributed by atoms with van der Waals surface area (Å²) in [4.78, 5) is 30.2. The monoisotopic (exact) mass is 526 g/mol. The molecule has 1 unspecified atom stereocenters. The first-order valence-electron chi connectivity index (χ1n) is 9.05. The van der Waals surface area contributed by atoms with Gasteiger partial charge in [-0.15, -0.1) is 0 Å². The van der Waals surface area contributed by atoms with E-state index >= 15 is 0 Å². The van der Waals surface area contributed by atoms with Crippen molar-refractivity contribution in [1.29, 1.82) is 0 Å². The van der Waals surface area contributed by atoms with Crippen LogP contribution in [0.4, 0.5) is 10.6 Å². The molecule has 12 nitrogen and oxygen atoms in total. The Kier molecular flexibility index (Phi) is 7.78. The number of aliphatic hydroxyl groups excluding tert-OH is 3. The summed E-state index contributed by atoms with van der Waals surface area (Å²) in [7, 11) is 0. The highest BCUT2D eigenvalue weighted by molar-refractivity contribution is 14.1. The molecule has 13 heteroatoms. The number of nitrogens with zero attached hydrogens (tertiary/aromatic N) is 3. The third kappa shape index (κ3) is 5.42. The second-order valence-electron chi connectivity index (χ2n) is 6.57. The average molecular weight is 526 g/mol. The predicted molar refractivity (Wildman–Crippen MR) is 106 cm³/mol. The number of nitrogens with one attached hydrogen (secondary N) is 1. The molecule has 0 aliphatic carbocycles. The molecule has 4 atom stereocenters. The van der Waals surface area contributed by atoms with Crippen molar-refractivity contribution in [2.24, 2.45) is 0 Å². The van der Waals surface area contributed by atoms with Gasteiger partial charge in [-0.05, 0) is 22.6 Å². The highest BCUT2D eigenvalue weighted by Gasteiger charge is 2.44. The third-order valence-electron chi connectivity index (χ3n) is 4.66. The van der Waals surface area contributed by atoms with E-state index in [1.54, 1.807) is 0 Å². The van der Waals surface area contributed by atoms with E-state index in [-0.39, 0.29) is 12.4 Å². The van der Waals surface area contributed by atoms with Crippen LogP contribution in [-0.2, 0) is 14.2 Å². The molecule has 29 heavy (non-hydrogen) atoms. The van der Waals surface area contributed by atoms with Crippen molar-refractivity contribution in [3.8, 4) is 0 Å². The number of rotatable bonds is 6. The summed E-state index contributed by atoms with van der Waals surface area (Å²) in [6.45, 7) is 3.12. The molecule has 2 saturated heterocycles. The number of carbonyl (C=O) groups is 1. The van der Waals surface area contributed by atoms with E-state index < -0.39 is 42.9 Å². The molecular formula is C16H23IN4O8. The van der Waals surface area contributed by atoms with Crippen molar-refractivity contribution in [3.05, 3.63) is 20.3 Å². The Morgan fingerprint density at radius 2 is 2.07 bits per heavy atom. The van der Waals surface area contributed by atoms with Crippen molar-refractivity contribution in [2.75, 3.05) is 51.4 Å². The Labute approximate surface area is 179 Å². The van der Waals surface area contributed by atoms with Crippen LogP contribution in [0.5, 0.6) is 0 Å². The highest BCUT2D eigenvalue weighted by Crippen LogP contribution is 2.28. The number of aliphatic hydroxyl groups is 3. The van der Waals surface area contributed by atoms with Crippen molar-refractivity contribution in [1.82, 2.24) is 14.5 Å². The average Bonchev–Trinajstić information content (AvgIpc) is 2.99. The Morgan fingerprint density at radius 3 is 2.72 bits per heavy atom. The van der Waals surface area contributed by atoms with Gasteiger partial charge < -0.3 is 29.5 Å². The third-order valence-corrected chi connectivity index (χ3v) is 5.45. The minimum Gasteiger partial charge on any atom is -0.448 e. The lowest BCUT2D eigenvalue weighted by Gasteiger charge is -2.26. The van der Waals surface area contributed by atoms with Crippen LogP contribution in [0, 0.1) is 3.57 Å². The molecule has 2 fully saturated rings. The van der Waals surface area contributed by atoms with Gasteiger partial charge in [-0.25, -0.2) is 9.59 Å². The zero-order chi connectivity index (χ0) is 21.0. The van der Waals surface area contributed by atoms with Gasteiger partial charge in [0, 0.05) is 25.8 Å². The predicted octanol–water partition coefficient (Wildman–Crippen LogP) is -1.66. The summed E-state index contributed by atoms with van der Waals surface area (Å²) < 4.78 is 17.1. The minimum absolute atomic E-state index is 0.00923. The molecule has 0 spiro atoms. The second kappa shape index (κ2) is 10.1. The maximum absolute atomic E-state index is 12.3. The molecule has 4 N–H and O–H groups in total. The Hall–Kier alpha value is -1.36. The minimum atomic E-state index is -1.41. The number of amides is 1. The largest absolute Gasteiger partial charge is 0.448 e. The topological polar surface area (TPSA) is 156 Å². The number of carbonyl (C=O) groups excluding carboxylic acids is 1. The molecule has 1 aromatic rings. The maximum atomic E-state index is 12.3. The van der Waals surface area contributed by atoms with Gasteiger partial charge >= 0.3 is 11.8 Å². The summed E-state index contributed by atoms with van der Waals surface area (Å²) in [5.74, 6) is 0.00923. The van der Waals surface area contributed by atoms with Crippen molar-refractivity contribution >= 4 is 34.5 Å². The Morgan fingerprint density at radius 1 is 1.34 bits per heavy atom. The summed E-state index contributed by atoms with van der Waals surface area (Å²) in [5.41, 5.74) is -0.802. The molecule has 162 valence electrons. The van der Waals surface area contributed by atoms with Crippen molar-refractivity contribution in [2.45, 2.75) is 24.5 Å². The van der Waals surface area contributed by atoms with Crippen LogP contribution in [0.25, 0.3) is 0 Å². The quantitative estimate of drug-likeness (QED) is 0.317. The Balaban J connectivity index is 1.59. The number of halogens is 1. The van der Waals surface area contributed by atoms with Crippen molar-refractivity contribution in [3.63, 3.8) is 0 Å². The summed E-state index contributed by atoms with van der Waals surface area (Å²) in [5, 5.41) is 31.5. The van der Waals surface area contributed by atoms with E-state index in [0.29, 0.717) is 23.3 Å². The molecule has 2 aliphatic heterocycles. The molecule has 0 aromatic carbocycles. The van der Waals surface area contributed by atoms with Crippen LogP contribution in [0.15, 0.2) is 11.0 Å². The van der Waals surface area contributed by atoms with Crippen LogP contribution in [-0.4, -0.2) is 100 Å². The first-order chi connectivity index (χ1) is 13.9. The normalized spacial score (nSPS) is 27.7. The first-order valence-corrected chi connectivity index (χ1v) is 10.1. The van der Waals surface area contributed by atoms with Crippen LogP contribution in [0.2, 0.25) is 0 Å². The molecule has 3 heterocycles. The molecule has 3 rings (SSSR count). The fraction of sp³-hybridized carbons (Fsp3) is 0.688. The molecule has 0 radical (unpaired) electrons. The van der Waals surface area contributed by atoms with E-state index in [2.05, 4.69) is 15.2 Å². The van der Waals surface area contributed by atoms with Crippen LogP contribution in [0.3, 0.4) is 0 Å². The van der Waals surface area contributed by atoms with E-state index in [1.165, 1.54) is 6.20 Å². The lowest BCUT2D eigenvalue weighted by atomic mass is 10.1. The van der Waals surface area contributed by atoms with E-state index in [1.807, 2.05) is 22.6 Å². The SMILES string of the molecule is O=C(Nc1nc(=O)n(C2O[C@H](CO)[C@@H](O)[C@H]2O)cc1I)OCCN1CCOCC1. The second-order valence-corrected chi connectivity index (χ2v) is 7.73. The van der Waals surface area contributed by atoms with Gasteiger partial charge in [0.1, 0.15) is 24.9 Å². The van der Waals surface area contributed by atoms with Gasteiger partial charge in [-0.1, -0.05) is 0 Å². The van der Waals surface area contributed by atoms with Crippen LogP contribution >= 0.6 is 22.6 Å². The number of hydrogen-bond acceptors (Lipinski definition) is 10. The first kappa shape index (κ1) is 22.3. The van der Waals surface area contributed by atoms with Gasteiger partial charge in [0.15, 0.2) is 12.0 Å². The van der Waals surface area contributed by atoms with Gasteiger partial charge in [0.05, 0.1) is 23.4 Å². The van der Waals surface area contributed by atoms with Crippen LogP contribution in [0.1, 0.15) is 6.23 Å².